The lowest BCUT2D eigenvalue weighted by atomic mass is 9.99. The average Bonchev–Trinajstić information content (AvgIpc) is 2.35. The predicted octanol–water partition coefficient (Wildman–Crippen LogP) is 2.75. The van der Waals surface area contributed by atoms with Crippen LogP contribution in [-0.2, 0) is 4.74 Å². The molecule has 2 unspecified atom stereocenters. The van der Waals surface area contributed by atoms with Crippen molar-refractivity contribution in [3.63, 3.8) is 0 Å². The van der Waals surface area contributed by atoms with Gasteiger partial charge < -0.3 is 14.8 Å². The van der Waals surface area contributed by atoms with E-state index in [-0.39, 0.29) is 6.10 Å². The highest BCUT2D eigenvalue weighted by atomic mass is 16.5. The molecule has 100 valence electrons. The third kappa shape index (κ3) is 2.85. The molecular formula is C15H23NO2. The summed E-state index contributed by atoms with van der Waals surface area (Å²) in [4.78, 5) is 0. The van der Waals surface area contributed by atoms with E-state index < -0.39 is 0 Å². The van der Waals surface area contributed by atoms with Crippen molar-refractivity contribution in [1.82, 2.24) is 5.32 Å². The van der Waals surface area contributed by atoms with E-state index in [9.17, 15) is 0 Å². The van der Waals surface area contributed by atoms with E-state index in [0.29, 0.717) is 12.6 Å². The highest BCUT2D eigenvalue weighted by molar-refractivity contribution is 5.42. The Hall–Kier alpha value is -1.06. The number of ether oxygens (including phenoxy) is 2. The van der Waals surface area contributed by atoms with Gasteiger partial charge in [-0.05, 0) is 56.5 Å². The highest BCUT2D eigenvalue weighted by Gasteiger charge is 2.21. The van der Waals surface area contributed by atoms with Crippen LogP contribution >= 0.6 is 0 Å². The Morgan fingerprint density at radius 3 is 2.72 bits per heavy atom. The summed E-state index contributed by atoms with van der Waals surface area (Å²) in [5, 5.41) is 3.46. The second kappa shape index (κ2) is 5.72. The Kier molecular flexibility index (Phi) is 4.25. The summed E-state index contributed by atoms with van der Waals surface area (Å²) in [7, 11) is 0. The summed E-state index contributed by atoms with van der Waals surface area (Å²) in [6.45, 7) is 10.7. The maximum absolute atomic E-state index is 5.91. The smallest absolute Gasteiger partial charge is 0.122 e. The standard InChI is InChI=1S/C15H23NO2/c1-5-17-14-7-10(2)13(6-11(14)3)15-8-16-12(4)9-18-15/h6-7,12,15-16H,5,8-9H2,1-4H3. The minimum absolute atomic E-state index is 0.163. The van der Waals surface area contributed by atoms with Crippen LogP contribution < -0.4 is 10.1 Å². The summed E-state index contributed by atoms with van der Waals surface area (Å²) in [5.41, 5.74) is 3.69. The Morgan fingerprint density at radius 1 is 1.33 bits per heavy atom. The first-order valence-electron chi connectivity index (χ1n) is 6.70. The molecule has 0 saturated carbocycles. The monoisotopic (exact) mass is 249 g/mol. The lowest BCUT2D eigenvalue weighted by molar-refractivity contribution is 0.00655. The van der Waals surface area contributed by atoms with Crippen molar-refractivity contribution in [3.05, 3.63) is 28.8 Å². The maximum atomic E-state index is 5.91. The number of hydrogen-bond acceptors (Lipinski definition) is 3. The first-order valence-corrected chi connectivity index (χ1v) is 6.70. The van der Waals surface area contributed by atoms with Gasteiger partial charge in [0.05, 0.1) is 19.3 Å². The maximum Gasteiger partial charge on any atom is 0.122 e. The van der Waals surface area contributed by atoms with Gasteiger partial charge in [-0.3, -0.25) is 0 Å². The van der Waals surface area contributed by atoms with Crippen molar-refractivity contribution < 1.29 is 9.47 Å². The van der Waals surface area contributed by atoms with E-state index in [1.807, 2.05) is 6.92 Å². The second-order valence-electron chi connectivity index (χ2n) is 5.04. The molecule has 0 spiro atoms. The van der Waals surface area contributed by atoms with Gasteiger partial charge in [0.2, 0.25) is 0 Å². The molecule has 18 heavy (non-hydrogen) atoms. The molecule has 0 amide bonds. The summed E-state index contributed by atoms with van der Waals surface area (Å²) in [5.74, 6) is 0.982. The summed E-state index contributed by atoms with van der Waals surface area (Å²) >= 11 is 0. The number of hydrogen-bond donors (Lipinski definition) is 1. The molecule has 0 radical (unpaired) electrons. The number of rotatable bonds is 3. The number of aryl methyl sites for hydroxylation is 2. The quantitative estimate of drug-likeness (QED) is 0.893. The number of benzene rings is 1. The fourth-order valence-corrected chi connectivity index (χ4v) is 2.36. The first kappa shape index (κ1) is 13.4. The van der Waals surface area contributed by atoms with Crippen LogP contribution in [-0.4, -0.2) is 25.8 Å². The van der Waals surface area contributed by atoms with E-state index >= 15 is 0 Å². The van der Waals surface area contributed by atoms with Gasteiger partial charge in [-0.2, -0.15) is 0 Å². The molecule has 1 aromatic carbocycles. The zero-order valence-electron chi connectivity index (χ0n) is 11.7. The van der Waals surface area contributed by atoms with Crippen molar-refractivity contribution in [2.24, 2.45) is 0 Å². The molecule has 1 fully saturated rings. The minimum atomic E-state index is 0.163. The molecule has 1 heterocycles. The molecule has 0 aromatic heterocycles. The molecule has 1 N–H and O–H groups in total. The minimum Gasteiger partial charge on any atom is -0.494 e. The van der Waals surface area contributed by atoms with Crippen molar-refractivity contribution >= 4 is 0 Å². The summed E-state index contributed by atoms with van der Waals surface area (Å²) in [6.07, 6.45) is 0.163. The SMILES string of the molecule is CCOc1cc(C)c(C2CNC(C)CO2)cc1C. The Bertz CT molecular complexity index is 409. The van der Waals surface area contributed by atoms with Gasteiger partial charge in [-0.25, -0.2) is 0 Å². The number of morpholine rings is 1. The molecule has 3 heteroatoms. The first-order chi connectivity index (χ1) is 8.61. The highest BCUT2D eigenvalue weighted by Crippen LogP contribution is 2.29. The van der Waals surface area contributed by atoms with Gasteiger partial charge in [-0.15, -0.1) is 0 Å². The number of nitrogens with one attached hydrogen (secondary N) is 1. The fourth-order valence-electron chi connectivity index (χ4n) is 2.36. The average molecular weight is 249 g/mol. The largest absolute Gasteiger partial charge is 0.494 e. The summed E-state index contributed by atoms with van der Waals surface area (Å²) in [6, 6.07) is 4.77. The van der Waals surface area contributed by atoms with Gasteiger partial charge in [0, 0.05) is 12.6 Å². The predicted molar refractivity (Wildman–Crippen MR) is 73.2 cm³/mol. The molecule has 2 rings (SSSR count). The molecule has 3 nitrogen and oxygen atoms in total. The van der Waals surface area contributed by atoms with Crippen LogP contribution in [0.1, 0.15) is 36.6 Å². The third-order valence-corrected chi connectivity index (χ3v) is 3.41. The topological polar surface area (TPSA) is 30.5 Å². The normalized spacial score (nSPS) is 24.0. The van der Waals surface area contributed by atoms with Gasteiger partial charge >= 0.3 is 0 Å². The fraction of sp³-hybridized carbons (Fsp3) is 0.600. The van der Waals surface area contributed by atoms with Gasteiger partial charge in [0.25, 0.3) is 0 Å². The molecule has 1 aromatic rings. The molecule has 0 aliphatic carbocycles. The molecule has 0 bridgehead atoms. The van der Waals surface area contributed by atoms with Gasteiger partial charge in [0.15, 0.2) is 0 Å². The van der Waals surface area contributed by atoms with Crippen molar-refractivity contribution in [2.75, 3.05) is 19.8 Å². The molecule has 2 atom stereocenters. The lowest BCUT2D eigenvalue weighted by Gasteiger charge is -2.30. The van der Waals surface area contributed by atoms with Crippen LogP contribution in [0.3, 0.4) is 0 Å². The van der Waals surface area contributed by atoms with Crippen molar-refractivity contribution in [1.29, 1.82) is 0 Å². The third-order valence-electron chi connectivity index (χ3n) is 3.41. The van der Waals surface area contributed by atoms with Crippen LogP contribution in [0, 0.1) is 13.8 Å². The molecule has 1 aliphatic heterocycles. The van der Waals surface area contributed by atoms with E-state index in [1.54, 1.807) is 0 Å². The zero-order valence-corrected chi connectivity index (χ0v) is 11.7. The molecular weight excluding hydrogens is 226 g/mol. The Labute approximate surface area is 109 Å². The van der Waals surface area contributed by atoms with E-state index in [1.165, 1.54) is 16.7 Å². The van der Waals surface area contributed by atoms with Crippen LogP contribution in [0.15, 0.2) is 12.1 Å². The summed E-state index contributed by atoms with van der Waals surface area (Å²) < 4.78 is 11.5. The molecule has 1 saturated heterocycles. The molecule has 1 aliphatic rings. The Morgan fingerprint density at radius 2 is 2.11 bits per heavy atom. The zero-order chi connectivity index (χ0) is 13.1. The van der Waals surface area contributed by atoms with Crippen molar-refractivity contribution in [2.45, 2.75) is 39.8 Å². The van der Waals surface area contributed by atoms with Gasteiger partial charge in [-0.1, -0.05) is 0 Å². The van der Waals surface area contributed by atoms with Crippen LogP contribution in [0.2, 0.25) is 0 Å². The van der Waals surface area contributed by atoms with E-state index in [0.717, 1.165) is 18.9 Å². The van der Waals surface area contributed by atoms with Crippen LogP contribution in [0.5, 0.6) is 5.75 Å². The van der Waals surface area contributed by atoms with Crippen LogP contribution in [0.25, 0.3) is 0 Å². The second-order valence-corrected chi connectivity index (χ2v) is 5.04. The van der Waals surface area contributed by atoms with Crippen LogP contribution in [0.4, 0.5) is 0 Å². The Balaban J connectivity index is 2.20. The lowest BCUT2D eigenvalue weighted by Crippen LogP contribution is -2.40. The van der Waals surface area contributed by atoms with E-state index in [4.69, 9.17) is 9.47 Å². The van der Waals surface area contributed by atoms with Crippen molar-refractivity contribution in [3.8, 4) is 5.75 Å². The van der Waals surface area contributed by atoms with E-state index in [2.05, 4.69) is 38.2 Å². The van der Waals surface area contributed by atoms with Gasteiger partial charge in [0.1, 0.15) is 5.75 Å².